The SMILES string of the molecule is Cc1ccc(NC(=O)c2ccnc(CN)c2)c(Cl)c1. The third-order valence-corrected chi connectivity index (χ3v) is 2.97. The number of carbonyl (C=O) groups excluding carboxylic acids is 1. The van der Waals surface area contributed by atoms with Crippen molar-refractivity contribution in [2.75, 3.05) is 5.32 Å². The van der Waals surface area contributed by atoms with E-state index >= 15 is 0 Å². The van der Waals surface area contributed by atoms with Crippen LogP contribution >= 0.6 is 11.6 Å². The summed E-state index contributed by atoms with van der Waals surface area (Å²) in [6.07, 6.45) is 1.56. The molecule has 0 aliphatic rings. The van der Waals surface area contributed by atoms with Crippen LogP contribution in [0.25, 0.3) is 0 Å². The number of hydrogen-bond donors (Lipinski definition) is 2. The summed E-state index contributed by atoms with van der Waals surface area (Å²) in [6, 6.07) is 8.77. The van der Waals surface area contributed by atoms with Crippen LogP contribution in [-0.2, 0) is 6.54 Å². The molecule has 3 N–H and O–H groups in total. The van der Waals surface area contributed by atoms with E-state index in [0.717, 1.165) is 5.56 Å². The lowest BCUT2D eigenvalue weighted by atomic mass is 10.2. The number of aromatic nitrogens is 1. The van der Waals surface area contributed by atoms with E-state index in [4.69, 9.17) is 17.3 Å². The molecule has 5 heteroatoms. The fourth-order valence-corrected chi connectivity index (χ4v) is 1.93. The number of anilines is 1. The summed E-state index contributed by atoms with van der Waals surface area (Å²) in [5.74, 6) is -0.233. The standard InChI is InChI=1S/C14H14ClN3O/c1-9-2-3-13(12(15)6-9)18-14(19)10-4-5-17-11(7-10)8-16/h2-7H,8,16H2,1H3,(H,18,19). The van der Waals surface area contributed by atoms with E-state index in [2.05, 4.69) is 10.3 Å². The predicted molar refractivity (Wildman–Crippen MR) is 76.3 cm³/mol. The van der Waals surface area contributed by atoms with Gasteiger partial charge in [0.25, 0.3) is 5.91 Å². The summed E-state index contributed by atoms with van der Waals surface area (Å²) >= 11 is 6.07. The number of aryl methyl sites for hydroxylation is 1. The van der Waals surface area contributed by atoms with Crippen LogP contribution in [0.1, 0.15) is 21.6 Å². The molecule has 1 aromatic heterocycles. The van der Waals surface area contributed by atoms with Crippen LogP contribution in [0, 0.1) is 6.92 Å². The second kappa shape index (κ2) is 5.82. The highest BCUT2D eigenvalue weighted by atomic mass is 35.5. The third-order valence-electron chi connectivity index (χ3n) is 2.66. The molecule has 98 valence electrons. The van der Waals surface area contributed by atoms with E-state index in [1.807, 2.05) is 13.0 Å². The number of rotatable bonds is 3. The van der Waals surface area contributed by atoms with E-state index in [0.29, 0.717) is 28.5 Å². The van der Waals surface area contributed by atoms with Gasteiger partial charge in [-0.2, -0.15) is 0 Å². The van der Waals surface area contributed by atoms with Gasteiger partial charge in [-0.3, -0.25) is 9.78 Å². The molecule has 1 heterocycles. The highest BCUT2D eigenvalue weighted by Gasteiger charge is 2.09. The minimum atomic E-state index is -0.233. The fraction of sp³-hybridized carbons (Fsp3) is 0.143. The molecule has 0 aliphatic heterocycles. The lowest BCUT2D eigenvalue weighted by Gasteiger charge is -2.08. The van der Waals surface area contributed by atoms with Crippen molar-refractivity contribution in [1.82, 2.24) is 4.98 Å². The third kappa shape index (κ3) is 3.30. The molecular formula is C14H14ClN3O. The molecule has 0 bridgehead atoms. The number of pyridine rings is 1. The molecule has 0 unspecified atom stereocenters. The van der Waals surface area contributed by atoms with Crippen molar-refractivity contribution in [3.8, 4) is 0 Å². The average Bonchev–Trinajstić information content (AvgIpc) is 2.42. The van der Waals surface area contributed by atoms with E-state index in [-0.39, 0.29) is 5.91 Å². The Morgan fingerprint density at radius 1 is 1.37 bits per heavy atom. The Morgan fingerprint density at radius 3 is 2.84 bits per heavy atom. The Morgan fingerprint density at radius 2 is 2.16 bits per heavy atom. The minimum absolute atomic E-state index is 0.233. The molecule has 0 aliphatic carbocycles. The normalized spacial score (nSPS) is 10.3. The second-order valence-corrected chi connectivity index (χ2v) is 4.58. The number of nitrogens with one attached hydrogen (secondary N) is 1. The van der Waals surface area contributed by atoms with E-state index in [9.17, 15) is 4.79 Å². The summed E-state index contributed by atoms with van der Waals surface area (Å²) in [6.45, 7) is 2.24. The average molecular weight is 276 g/mol. The molecule has 0 fully saturated rings. The minimum Gasteiger partial charge on any atom is -0.325 e. The van der Waals surface area contributed by atoms with Crippen molar-refractivity contribution in [1.29, 1.82) is 0 Å². The second-order valence-electron chi connectivity index (χ2n) is 4.18. The maximum Gasteiger partial charge on any atom is 0.255 e. The molecule has 2 aromatic rings. The first-order valence-electron chi connectivity index (χ1n) is 5.82. The summed E-state index contributed by atoms with van der Waals surface area (Å²) in [4.78, 5) is 16.1. The van der Waals surface area contributed by atoms with Gasteiger partial charge in [0.15, 0.2) is 0 Å². The largest absolute Gasteiger partial charge is 0.325 e. The maximum absolute atomic E-state index is 12.1. The molecule has 4 nitrogen and oxygen atoms in total. The van der Waals surface area contributed by atoms with Crippen LogP contribution in [-0.4, -0.2) is 10.9 Å². The molecule has 2 rings (SSSR count). The van der Waals surface area contributed by atoms with Crippen LogP contribution in [0.2, 0.25) is 5.02 Å². The number of hydrogen-bond acceptors (Lipinski definition) is 3. The Hall–Kier alpha value is -1.91. The topological polar surface area (TPSA) is 68.0 Å². The van der Waals surface area contributed by atoms with E-state index in [1.165, 1.54) is 0 Å². The van der Waals surface area contributed by atoms with Gasteiger partial charge in [-0.25, -0.2) is 0 Å². The fourth-order valence-electron chi connectivity index (χ4n) is 1.65. The van der Waals surface area contributed by atoms with E-state index in [1.54, 1.807) is 30.5 Å². The first-order valence-corrected chi connectivity index (χ1v) is 6.20. The molecule has 1 amide bonds. The molecule has 0 saturated carbocycles. The number of benzene rings is 1. The smallest absolute Gasteiger partial charge is 0.255 e. The van der Waals surface area contributed by atoms with E-state index < -0.39 is 0 Å². The van der Waals surface area contributed by atoms with Crippen LogP contribution in [0.4, 0.5) is 5.69 Å². The summed E-state index contributed by atoms with van der Waals surface area (Å²) in [7, 11) is 0. The Balaban J connectivity index is 2.20. The Bertz CT molecular complexity index is 613. The highest BCUT2D eigenvalue weighted by molar-refractivity contribution is 6.34. The summed E-state index contributed by atoms with van der Waals surface area (Å²) in [5, 5.41) is 3.28. The quantitative estimate of drug-likeness (QED) is 0.905. The number of amides is 1. The zero-order chi connectivity index (χ0) is 13.8. The monoisotopic (exact) mass is 275 g/mol. The summed E-state index contributed by atoms with van der Waals surface area (Å²) < 4.78 is 0. The zero-order valence-corrected chi connectivity index (χ0v) is 11.2. The maximum atomic E-state index is 12.1. The Kier molecular flexibility index (Phi) is 4.14. The van der Waals surface area contributed by atoms with Crippen LogP contribution in [0.15, 0.2) is 36.5 Å². The Labute approximate surface area is 116 Å². The van der Waals surface area contributed by atoms with Gasteiger partial charge in [-0.05, 0) is 36.8 Å². The van der Waals surface area contributed by atoms with Crippen molar-refractivity contribution >= 4 is 23.2 Å². The van der Waals surface area contributed by atoms with Gasteiger partial charge in [-0.15, -0.1) is 0 Å². The number of halogens is 1. The van der Waals surface area contributed by atoms with Crippen LogP contribution in [0.5, 0.6) is 0 Å². The van der Waals surface area contributed by atoms with Crippen LogP contribution < -0.4 is 11.1 Å². The molecular weight excluding hydrogens is 262 g/mol. The summed E-state index contributed by atoms with van der Waals surface area (Å²) in [5.41, 5.74) is 8.30. The molecule has 0 spiro atoms. The van der Waals surface area contributed by atoms with Gasteiger partial charge in [0.1, 0.15) is 0 Å². The van der Waals surface area contributed by atoms with Gasteiger partial charge in [0.2, 0.25) is 0 Å². The number of carbonyl (C=O) groups is 1. The first-order chi connectivity index (χ1) is 9.10. The van der Waals surface area contributed by atoms with Crippen molar-refractivity contribution in [3.63, 3.8) is 0 Å². The lowest BCUT2D eigenvalue weighted by Crippen LogP contribution is -2.13. The van der Waals surface area contributed by atoms with Gasteiger partial charge in [0.05, 0.1) is 16.4 Å². The molecule has 0 saturated heterocycles. The predicted octanol–water partition coefficient (Wildman–Crippen LogP) is 2.75. The first kappa shape index (κ1) is 13.5. The zero-order valence-electron chi connectivity index (χ0n) is 10.5. The number of nitrogens with zero attached hydrogens (tertiary/aromatic N) is 1. The van der Waals surface area contributed by atoms with Gasteiger partial charge in [0, 0.05) is 18.3 Å². The van der Waals surface area contributed by atoms with Gasteiger partial charge < -0.3 is 11.1 Å². The van der Waals surface area contributed by atoms with Crippen molar-refractivity contribution < 1.29 is 4.79 Å². The lowest BCUT2D eigenvalue weighted by molar-refractivity contribution is 0.102. The number of nitrogens with two attached hydrogens (primary N) is 1. The molecule has 1 aromatic carbocycles. The van der Waals surface area contributed by atoms with Crippen molar-refractivity contribution in [3.05, 3.63) is 58.4 Å². The molecule has 19 heavy (non-hydrogen) atoms. The van der Waals surface area contributed by atoms with Crippen LogP contribution in [0.3, 0.4) is 0 Å². The molecule has 0 radical (unpaired) electrons. The highest BCUT2D eigenvalue weighted by Crippen LogP contribution is 2.23. The van der Waals surface area contributed by atoms with Gasteiger partial charge in [-0.1, -0.05) is 17.7 Å². The van der Waals surface area contributed by atoms with Gasteiger partial charge >= 0.3 is 0 Å². The van der Waals surface area contributed by atoms with Crippen molar-refractivity contribution in [2.24, 2.45) is 5.73 Å². The van der Waals surface area contributed by atoms with Crippen molar-refractivity contribution in [2.45, 2.75) is 13.5 Å². The molecule has 0 atom stereocenters.